The highest BCUT2D eigenvalue weighted by molar-refractivity contribution is 5.97. The second kappa shape index (κ2) is 4.22. The Hall–Kier alpha value is -1.42. The van der Waals surface area contributed by atoms with Crippen molar-refractivity contribution >= 4 is 11.7 Å². The number of anilines is 1. The fraction of sp³-hybridized carbons (Fsp3) is 0.500. The minimum atomic E-state index is -0.327. The summed E-state index contributed by atoms with van der Waals surface area (Å²) in [6, 6.07) is 5.55. The topological polar surface area (TPSA) is 59.2 Å². The molecule has 0 unspecified atom stereocenters. The van der Waals surface area contributed by atoms with E-state index in [9.17, 15) is 4.79 Å². The second-order valence-corrected chi connectivity index (χ2v) is 4.39. The van der Waals surface area contributed by atoms with E-state index in [4.69, 9.17) is 5.73 Å². The van der Waals surface area contributed by atoms with E-state index in [0.29, 0.717) is 12.4 Å². The molecular weight excluding hydrogens is 202 g/mol. The highest BCUT2D eigenvalue weighted by atomic mass is 16.2. The van der Waals surface area contributed by atoms with Gasteiger partial charge < -0.3 is 5.73 Å². The van der Waals surface area contributed by atoms with Crippen LogP contribution in [0.3, 0.4) is 0 Å². The lowest BCUT2D eigenvalue weighted by molar-refractivity contribution is -0.132. The zero-order valence-corrected chi connectivity index (χ0v) is 9.52. The Bertz CT molecular complexity index is 368. The van der Waals surface area contributed by atoms with Gasteiger partial charge in [-0.3, -0.25) is 9.69 Å². The molecule has 4 nitrogen and oxygen atoms in total. The summed E-state index contributed by atoms with van der Waals surface area (Å²) in [6.07, 6.45) is 4.59. The van der Waals surface area contributed by atoms with Crippen LogP contribution in [0.25, 0.3) is 0 Å². The number of hydrogen-bond acceptors (Lipinski definition) is 3. The van der Waals surface area contributed by atoms with Crippen molar-refractivity contribution in [3.8, 4) is 0 Å². The Morgan fingerprint density at radius 2 is 2.31 bits per heavy atom. The van der Waals surface area contributed by atoms with Gasteiger partial charge in [-0.05, 0) is 25.0 Å². The molecule has 1 saturated carbocycles. The summed E-state index contributed by atoms with van der Waals surface area (Å²) in [6.45, 7) is 0.434. The first-order valence-corrected chi connectivity index (χ1v) is 5.59. The van der Waals surface area contributed by atoms with Crippen molar-refractivity contribution in [1.82, 2.24) is 4.98 Å². The van der Waals surface area contributed by atoms with Crippen LogP contribution in [0, 0.1) is 5.41 Å². The summed E-state index contributed by atoms with van der Waals surface area (Å²) in [5, 5.41) is 0. The van der Waals surface area contributed by atoms with Crippen molar-refractivity contribution < 1.29 is 4.79 Å². The second-order valence-electron chi connectivity index (χ2n) is 4.39. The van der Waals surface area contributed by atoms with Crippen LogP contribution in [-0.4, -0.2) is 24.5 Å². The number of pyridine rings is 1. The van der Waals surface area contributed by atoms with E-state index < -0.39 is 0 Å². The third-order valence-electron chi connectivity index (χ3n) is 3.45. The first-order chi connectivity index (χ1) is 7.69. The third kappa shape index (κ3) is 1.69. The molecule has 2 rings (SSSR count). The number of rotatable bonds is 3. The molecule has 4 heteroatoms. The van der Waals surface area contributed by atoms with E-state index in [-0.39, 0.29) is 11.3 Å². The largest absolute Gasteiger partial charge is 0.329 e. The molecule has 0 saturated heterocycles. The highest BCUT2D eigenvalue weighted by Crippen LogP contribution is 2.41. The van der Waals surface area contributed by atoms with Crippen LogP contribution >= 0.6 is 0 Å². The lowest BCUT2D eigenvalue weighted by Crippen LogP contribution is -2.51. The van der Waals surface area contributed by atoms with Gasteiger partial charge >= 0.3 is 0 Å². The molecule has 86 valence electrons. The van der Waals surface area contributed by atoms with Crippen LogP contribution in [-0.2, 0) is 4.79 Å². The van der Waals surface area contributed by atoms with Crippen LogP contribution in [0.5, 0.6) is 0 Å². The maximum atomic E-state index is 12.3. The van der Waals surface area contributed by atoms with Crippen molar-refractivity contribution in [3.63, 3.8) is 0 Å². The zero-order chi connectivity index (χ0) is 11.6. The standard InChI is InChI=1S/C12H17N3O/c1-15(10-5-2-3-8-14-10)11(16)12(9-13)6-4-7-12/h2-3,5,8H,4,6-7,9,13H2,1H3. The molecule has 1 aliphatic carbocycles. The molecule has 1 aliphatic rings. The van der Waals surface area contributed by atoms with Crippen LogP contribution < -0.4 is 10.6 Å². The normalized spacial score (nSPS) is 17.6. The van der Waals surface area contributed by atoms with Gasteiger partial charge in [-0.25, -0.2) is 4.98 Å². The summed E-state index contributed by atoms with van der Waals surface area (Å²) in [7, 11) is 1.76. The van der Waals surface area contributed by atoms with Gasteiger partial charge in [-0.1, -0.05) is 12.5 Å². The lowest BCUT2D eigenvalue weighted by Gasteiger charge is -2.41. The molecule has 0 bridgehead atoms. The molecule has 1 aromatic rings. The molecule has 1 aromatic heterocycles. The first kappa shape index (κ1) is 11.1. The minimum Gasteiger partial charge on any atom is -0.329 e. The van der Waals surface area contributed by atoms with Crippen molar-refractivity contribution in [2.75, 3.05) is 18.5 Å². The quantitative estimate of drug-likeness (QED) is 0.830. The van der Waals surface area contributed by atoms with E-state index in [1.54, 1.807) is 18.1 Å². The van der Waals surface area contributed by atoms with Crippen molar-refractivity contribution in [2.45, 2.75) is 19.3 Å². The molecular formula is C12H17N3O. The van der Waals surface area contributed by atoms with E-state index >= 15 is 0 Å². The molecule has 0 radical (unpaired) electrons. The van der Waals surface area contributed by atoms with Crippen LogP contribution in [0.15, 0.2) is 24.4 Å². The van der Waals surface area contributed by atoms with Crippen LogP contribution in [0.4, 0.5) is 5.82 Å². The van der Waals surface area contributed by atoms with Gasteiger partial charge in [0.05, 0.1) is 5.41 Å². The number of nitrogens with zero attached hydrogens (tertiary/aromatic N) is 2. The van der Waals surface area contributed by atoms with Gasteiger partial charge in [0.2, 0.25) is 5.91 Å². The number of hydrogen-bond donors (Lipinski definition) is 1. The average Bonchev–Trinajstić information content (AvgIpc) is 2.28. The Morgan fingerprint density at radius 1 is 1.56 bits per heavy atom. The summed E-state index contributed by atoms with van der Waals surface area (Å²) in [5.74, 6) is 0.784. The van der Waals surface area contributed by atoms with Gasteiger partial charge in [0, 0.05) is 19.8 Å². The van der Waals surface area contributed by atoms with Gasteiger partial charge in [-0.2, -0.15) is 0 Å². The Morgan fingerprint density at radius 3 is 2.75 bits per heavy atom. The first-order valence-electron chi connectivity index (χ1n) is 5.59. The van der Waals surface area contributed by atoms with E-state index in [1.807, 2.05) is 18.2 Å². The molecule has 1 heterocycles. The number of carbonyl (C=O) groups excluding carboxylic acids is 1. The number of aromatic nitrogens is 1. The number of carbonyl (C=O) groups is 1. The molecule has 1 fully saturated rings. The summed E-state index contributed by atoms with van der Waals surface area (Å²) < 4.78 is 0. The molecule has 2 N–H and O–H groups in total. The Kier molecular flexibility index (Phi) is 2.92. The fourth-order valence-corrected chi connectivity index (χ4v) is 2.12. The van der Waals surface area contributed by atoms with Crippen LogP contribution in [0.2, 0.25) is 0 Å². The molecule has 1 amide bonds. The molecule has 0 atom stereocenters. The van der Waals surface area contributed by atoms with Crippen molar-refractivity contribution in [2.24, 2.45) is 11.1 Å². The average molecular weight is 219 g/mol. The van der Waals surface area contributed by atoms with E-state index in [1.165, 1.54) is 0 Å². The predicted octanol–water partition coefficient (Wildman–Crippen LogP) is 1.17. The van der Waals surface area contributed by atoms with Gasteiger partial charge in [0.25, 0.3) is 0 Å². The molecule has 0 aliphatic heterocycles. The molecule has 16 heavy (non-hydrogen) atoms. The Labute approximate surface area is 95.5 Å². The summed E-state index contributed by atoms with van der Waals surface area (Å²) >= 11 is 0. The Balaban J connectivity index is 2.16. The van der Waals surface area contributed by atoms with Gasteiger partial charge in [0.1, 0.15) is 5.82 Å². The maximum Gasteiger partial charge on any atom is 0.235 e. The lowest BCUT2D eigenvalue weighted by atomic mass is 9.68. The fourth-order valence-electron chi connectivity index (χ4n) is 2.12. The monoisotopic (exact) mass is 219 g/mol. The molecule has 0 spiro atoms. The maximum absolute atomic E-state index is 12.3. The zero-order valence-electron chi connectivity index (χ0n) is 9.52. The smallest absolute Gasteiger partial charge is 0.235 e. The van der Waals surface area contributed by atoms with E-state index in [2.05, 4.69) is 4.98 Å². The van der Waals surface area contributed by atoms with Gasteiger partial charge in [0.15, 0.2) is 0 Å². The number of nitrogens with two attached hydrogens (primary N) is 1. The van der Waals surface area contributed by atoms with Crippen molar-refractivity contribution in [1.29, 1.82) is 0 Å². The third-order valence-corrected chi connectivity index (χ3v) is 3.45. The van der Waals surface area contributed by atoms with Crippen LogP contribution in [0.1, 0.15) is 19.3 Å². The SMILES string of the molecule is CN(C(=O)C1(CN)CCC1)c1ccccn1. The minimum absolute atomic E-state index is 0.0972. The van der Waals surface area contributed by atoms with Gasteiger partial charge in [-0.15, -0.1) is 0 Å². The van der Waals surface area contributed by atoms with E-state index in [0.717, 1.165) is 19.3 Å². The highest BCUT2D eigenvalue weighted by Gasteiger charge is 2.44. The summed E-state index contributed by atoms with van der Waals surface area (Å²) in [4.78, 5) is 18.1. The van der Waals surface area contributed by atoms with Crippen molar-refractivity contribution in [3.05, 3.63) is 24.4 Å². The molecule has 0 aromatic carbocycles. The summed E-state index contributed by atoms with van der Waals surface area (Å²) in [5.41, 5.74) is 5.39. The predicted molar refractivity (Wildman–Crippen MR) is 63.0 cm³/mol. The number of amides is 1.